The minimum atomic E-state index is 0.139. The van der Waals surface area contributed by atoms with Crippen LogP contribution in [0.2, 0.25) is 0 Å². The topological polar surface area (TPSA) is 33.3 Å². The number of thioether (sulfide) groups is 1. The molecule has 0 unspecified atom stereocenters. The van der Waals surface area contributed by atoms with Gasteiger partial charge in [0.25, 0.3) is 0 Å². The summed E-state index contributed by atoms with van der Waals surface area (Å²) in [6, 6.07) is 34.6. The van der Waals surface area contributed by atoms with Gasteiger partial charge >= 0.3 is 0 Å². The molecule has 0 aliphatic rings. The van der Waals surface area contributed by atoms with Crippen molar-refractivity contribution in [3.63, 3.8) is 0 Å². The average Bonchev–Trinajstić information content (AvgIpc) is 2.91. The van der Waals surface area contributed by atoms with E-state index in [1.54, 1.807) is 11.8 Å². The van der Waals surface area contributed by atoms with Crippen LogP contribution in [0.5, 0.6) is 0 Å². The van der Waals surface area contributed by atoms with Gasteiger partial charge in [0.05, 0.1) is 30.6 Å². The normalized spacial score (nSPS) is 11.8. The molecule has 0 spiro atoms. The third-order valence-corrected chi connectivity index (χ3v) is 6.98. The first-order valence-electron chi connectivity index (χ1n) is 12.5. The Balaban J connectivity index is 1.43. The monoisotopic (exact) mass is 496 g/mol. The lowest BCUT2D eigenvalue weighted by atomic mass is 10.0. The summed E-state index contributed by atoms with van der Waals surface area (Å²) in [5.41, 5.74) is 8.51. The van der Waals surface area contributed by atoms with Crippen LogP contribution < -0.4 is 10.6 Å². The van der Waals surface area contributed by atoms with Crippen LogP contribution in [-0.4, -0.2) is 18.9 Å². The fourth-order valence-corrected chi connectivity index (χ4v) is 4.50. The second kappa shape index (κ2) is 13.2. The van der Waals surface area contributed by atoms with E-state index in [-0.39, 0.29) is 6.04 Å². The number of hydrogen-bond donors (Lipinski definition) is 2. The second-order valence-electron chi connectivity index (χ2n) is 9.28. The van der Waals surface area contributed by atoms with Gasteiger partial charge in [0, 0.05) is 11.4 Å². The largest absolute Gasteiger partial charge is 0.379 e. The Labute approximate surface area is 220 Å². The third kappa shape index (κ3) is 7.91. The number of anilines is 2. The van der Waals surface area contributed by atoms with Gasteiger partial charge < -0.3 is 15.4 Å². The number of nitrogens with one attached hydrogen (secondary N) is 2. The lowest BCUT2D eigenvalue weighted by molar-refractivity contribution is 0.112. The molecule has 0 fully saturated rings. The van der Waals surface area contributed by atoms with Crippen molar-refractivity contribution < 1.29 is 4.74 Å². The third-order valence-electron chi connectivity index (χ3n) is 6.24. The van der Waals surface area contributed by atoms with Crippen molar-refractivity contribution in [3.05, 3.63) is 125 Å². The Morgan fingerprint density at radius 3 is 1.92 bits per heavy atom. The molecule has 0 aliphatic carbocycles. The lowest BCUT2D eigenvalue weighted by Crippen LogP contribution is -2.28. The van der Waals surface area contributed by atoms with Crippen LogP contribution in [0.4, 0.5) is 11.4 Å². The maximum atomic E-state index is 6.21. The lowest BCUT2D eigenvalue weighted by Gasteiger charge is -2.23. The molecule has 0 aliphatic heterocycles. The standard InChI is InChI=1S/C32H36N2OS/c1-24-8-12-26(13-9-24)20-29(23-35-22-28-16-18-30(36-3)19-17-28)34-32-7-5-4-6-31(32)33-21-27-14-10-25(2)11-15-27/h4-19,29,33-34H,20-23H2,1-3H3/t29-/m1/s1. The summed E-state index contributed by atoms with van der Waals surface area (Å²) in [4.78, 5) is 1.27. The predicted molar refractivity (Wildman–Crippen MR) is 155 cm³/mol. The molecule has 4 heteroatoms. The molecule has 4 rings (SSSR count). The van der Waals surface area contributed by atoms with Crippen LogP contribution in [0.3, 0.4) is 0 Å². The van der Waals surface area contributed by atoms with Crippen molar-refractivity contribution in [2.24, 2.45) is 0 Å². The molecular weight excluding hydrogens is 460 g/mol. The zero-order chi connectivity index (χ0) is 25.2. The van der Waals surface area contributed by atoms with E-state index in [0.717, 1.165) is 24.3 Å². The predicted octanol–water partition coefficient (Wildman–Crippen LogP) is 7.88. The minimum absolute atomic E-state index is 0.139. The van der Waals surface area contributed by atoms with E-state index in [1.165, 1.54) is 32.7 Å². The Morgan fingerprint density at radius 1 is 0.694 bits per heavy atom. The van der Waals surface area contributed by atoms with E-state index >= 15 is 0 Å². The first-order chi connectivity index (χ1) is 17.6. The minimum Gasteiger partial charge on any atom is -0.379 e. The van der Waals surface area contributed by atoms with Crippen molar-refractivity contribution in [2.75, 3.05) is 23.5 Å². The van der Waals surface area contributed by atoms with Crippen LogP contribution in [0.15, 0.2) is 102 Å². The van der Waals surface area contributed by atoms with E-state index in [1.807, 2.05) is 0 Å². The number of ether oxygens (including phenoxy) is 1. The molecule has 0 bridgehead atoms. The fraction of sp³-hybridized carbons (Fsp3) is 0.250. The van der Waals surface area contributed by atoms with Gasteiger partial charge in [-0.25, -0.2) is 0 Å². The van der Waals surface area contributed by atoms with Crippen molar-refractivity contribution in [1.29, 1.82) is 0 Å². The summed E-state index contributed by atoms with van der Waals surface area (Å²) in [5.74, 6) is 0. The van der Waals surface area contributed by atoms with Crippen molar-refractivity contribution in [3.8, 4) is 0 Å². The number of hydrogen-bond acceptors (Lipinski definition) is 4. The Kier molecular flexibility index (Phi) is 9.48. The highest BCUT2D eigenvalue weighted by molar-refractivity contribution is 7.98. The van der Waals surface area contributed by atoms with Gasteiger partial charge in [-0.05, 0) is 67.5 Å². The van der Waals surface area contributed by atoms with Gasteiger partial charge in [-0.2, -0.15) is 0 Å². The number of benzene rings is 4. The summed E-state index contributed by atoms with van der Waals surface area (Å²) < 4.78 is 6.21. The van der Waals surface area contributed by atoms with Gasteiger partial charge in [-0.3, -0.25) is 0 Å². The van der Waals surface area contributed by atoms with Gasteiger partial charge in [0.1, 0.15) is 0 Å². The molecule has 0 aromatic heterocycles. The quantitative estimate of drug-likeness (QED) is 0.195. The van der Waals surface area contributed by atoms with Gasteiger partial charge in [0.15, 0.2) is 0 Å². The van der Waals surface area contributed by atoms with Gasteiger partial charge in [-0.1, -0.05) is 83.9 Å². The molecule has 4 aromatic rings. The summed E-state index contributed by atoms with van der Waals surface area (Å²) in [7, 11) is 0. The second-order valence-corrected chi connectivity index (χ2v) is 10.2. The van der Waals surface area contributed by atoms with E-state index in [4.69, 9.17) is 4.74 Å². The molecule has 0 radical (unpaired) electrons. The Hall–Kier alpha value is -3.21. The maximum Gasteiger partial charge on any atom is 0.0717 e. The fourth-order valence-electron chi connectivity index (χ4n) is 4.09. The maximum absolute atomic E-state index is 6.21. The average molecular weight is 497 g/mol. The molecule has 0 heterocycles. The molecule has 0 saturated carbocycles. The molecule has 2 N–H and O–H groups in total. The summed E-state index contributed by atoms with van der Waals surface area (Å²) in [6.45, 7) is 6.25. The zero-order valence-corrected chi connectivity index (χ0v) is 22.3. The number of aryl methyl sites for hydroxylation is 2. The van der Waals surface area contributed by atoms with Gasteiger partial charge in [0.2, 0.25) is 0 Å². The molecular formula is C32H36N2OS. The molecule has 186 valence electrons. The zero-order valence-electron chi connectivity index (χ0n) is 21.5. The number of rotatable bonds is 12. The Bertz CT molecular complexity index is 1200. The first-order valence-corrected chi connectivity index (χ1v) is 13.7. The number of para-hydroxylation sites is 2. The molecule has 0 amide bonds. The van der Waals surface area contributed by atoms with E-state index in [0.29, 0.717) is 13.2 Å². The molecule has 1 atom stereocenters. The highest BCUT2D eigenvalue weighted by Gasteiger charge is 2.13. The first kappa shape index (κ1) is 25.9. The molecule has 0 saturated heterocycles. The van der Waals surface area contributed by atoms with Crippen molar-refractivity contribution in [2.45, 2.75) is 44.4 Å². The highest BCUT2D eigenvalue weighted by Crippen LogP contribution is 2.24. The summed E-state index contributed by atoms with van der Waals surface area (Å²) in [6.07, 6.45) is 2.98. The van der Waals surface area contributed by atoms with Crippen molar-refractivity contribution in [1.82, 2.24) is 0 Å². The van der Waals surface area contributed by atoms with E-state index in [2.05, 4.69) is 128 Å². The van der Waals surface area contributed by atoms with E-state index < -0.39 is 0 Å². The molecule has 36 heavy (non-hydrogen) atoms. The highest BCUT2D eigenvalue weighted by atomic mass is 32.2. The van der Waals surface area contributed by atoms with Crippen molar-refractivity contribution >= 4 is 23.1 Å². The van der Waals surface area contributed by atoms with Crippen LogP contribution in [0.25, 0.3) is 0 Å². The van der Waals surface area contributed by atoms with E-state index in [9.17, 15) is 0 Å². The van der Waals surface area contributed by atoms with Crippen LogP contribution >= 0.6 is 11.8 Å². The van der Waals surface area contributed by atoms with Crippen LogP contribution in [-0.2, 0) is 24.3 Å². The molecule has 3 nitrogen and oxygen atoms in total. The Morgan fingerprint density at radius 2 is 1.28 bits per heavy atom. The van der Waals surface area contributed by atoms with Crippen LogP contribution in [0, 0.1) is 13.8 Å². The summed E-state index contributed by atoms with van der Waals surface area (Å²) >= 11 is 1.76. The summed E-state index contributed by atoms with van der Waals surface area (Å²) in [5, 5.41) is 7.38. The SMILES string of the molecule is CSc1ccc(COC[C@@H](Cc2ccc(C)cc2)Nc2ccccc2NCc2ccc(C)cc2)cc1. The molecule has 4 aromatic carbocycles. The smallest absolute Gasteiger partial charge is 0.0717 e. The van der Waals surface area contributed by atoms with Gasteiger partial charge in [-0.15, -0.1) is 11.8 Å². The van der Waals surface area contributed by atoms with Crippen LogP contribution in [0.1, 0.15) is 27.8 Å².